The van der Waals surface area contributed by atoms with Crippen LogP contribution >= 0.6 is 0 Å². The third-order valence-corrected chi connectivity index (χ3v) is 4.92. The Morgan fingerprint density at radius 2 is 1.82 bits per heavy atom. The zero-order chi connectivity index (χ0) is 12.9. The van der Waals surface area contributed by atoms with E-state index in [-0.39, 0.29) is 12.2 Å². The van der Waals surface area contributed by atoms with Crippen molar-refractivity contribution in [2.45, 2.75) is 25.2 Å². The predicted octanol–water partition coefficient (Wildman–Crippen LogP) is 1.55. The summed E-state index contributed by atoms with van der Waals surface area (Å²) in [6.45, 7) is 2.92. The Morgan fingerprint density at radius 1 is 1.24 bits per heavy atom. The molecule has 0 aliphatic rings. The van der Waals surface area contributed by atoms with Crippen molar-refractivity contribution in [2.75, 3.05) is 5.75 Å². The van der Waals surface area contributed by atoms with E-state index in [0.717, 1.165) is 5.56 Å². The van der Waals surface area contributed by atoms with Crippen molar-refractivity contribution in [1.82, 2.24) is 0 Å². The molecule has 4 nitrogen and oxygen atoms in total. The lowest BCUT2D eigenvalue weighted by atomic mass is 10.2. The molecule has 0 fully saturated rings. The van der Waals surface area contributed by atoms with Crippen molar-refractivity contribution in [3.8, 4) is 0 Å². The fourth-order valence-corrected chi connectivity index (χ4v) is 2.51. The minimum Gasteiger partial charge on any atom is -0.445 e. The van der Waals surface area contributed by atoms with Gasteiger partial charge in [-0.25, -0.2) is 8.42 Å². The normalized spacial score (nSPS) is 12.1. The zero-order valence-corrected chi connectivity index (χ0v) is 10.7. The molecule has 0 spiro atoms. The van der Waals surface area contributed by atoms with Gasteiger partial charge in [-0.2, -0.15) is 0 Å². The lowest BCUT2D eigenvalue weighted by Gasteiger charge is -2.22. The van der Waals surface area contributed by atoms with Gasteiger partial charge in [-0.1, -0.05) is 30.3 Å². The van der Waals surface area contributed by atoms with Crippen LogP contribution in [0.2, 0.25) is 0 Å². The highest BCUT2D eigenvalue weighted by Crippen LogP contribution is 2.19. The van der Waals surface area contributed by atoms with E-state index in [1.54, 1.807) is 0 Å². The number of carbonyl (C=O) groups excluding carboxylic acids is 1. The maximum absolute atomic E-state index is 11.9. The molecule has 0 aliphatic carbocycles. The van der Waals surface area contributed by atoms with Crippen LogP contribution in [0.25, 0.3) is 0 Å². The third kappa shape index (κ3) is 3.56. The van der Waals surface area contributed by atoms with E-state index < -0.39 is 14.8 Å². The Morgan fingerprint density at radius 3 is 2.35 bits per heavy atom. The minimum absolute atomic E-state index is 0.0438. The van der Waals surface area contributed by atoms with Gasteiger partial charge in [-0.15, -0.1) is 0 Å². The van der Waals surface area contributed by atoms with Crippen LogP contribution in [0.5, 0.6) is 0 Å². The van der Waals surface area contributed by atoms with E-state index in [0.29, 0.717) is 6.42 Å². The van der Waals surface area contributed by atoms with Gasteiger partial charge in [0.2, 0.25) is 4.93 Å². The minimum atomic E-state index is -3.47. The van der Waals surface area contributed by atoms with Crippen LogP contribution < -0.4 is 0 Å². The summed E-state index contributed by atoms with van der Waals surface area (Å²) in [7, 11) is -3.47. The summed E-state index contributed by atoms with van der Waals surface area (Å²) < 4.78 is 28.5. The van der Waals surface area contributed by atoms with Crippen LogP contribution in [-0.4, -0.2) is 25.6 Å². The Balaban J connectivity index is 2.71. The molecule has 0 bridgehead atoms. The molecular weight excluding hydrogens is 240 g/mol. The van der Waals surface area contributed by atoms with E-state index in [4.69, 9.17) is 0 Å². The summed E-state index contributed by atoms with van der Waals surface area (Å²) >= 11 is 0. The molecule has 94 valence electrons. The monoisotopic (exact) mass is 256 g/mol. The van der Waals surface area contributed by atoms with Gasteiger partial charge in [-0.3, -0.25) is 4.79 Å². The van der Waals surface area contributed by atoms with E-state index >= 15 is 0 Å². The molecule has 0 unspecified atom stereocenters. The molecule has 0 radical (unpaired) electrons. The van der Waals surface area contributed by atoms with Crippen LogP contribution in [0.3, 0.4) is 0 Å². The highest BCUT2D eigenvalue weighted by atomic mass is 32.2. The second kappa shape index (κ2) is 5.31. The summed E-state index contributed by atoms with van der Waals surface area (Å²) in [5.41, 5.74) is 0.943. The SMILES string of the molecule is CC(C)(OC=O)S(=O)(=O)CCc1ccccc1. The molecule has 0 saturated carbocycles. The number of ether oxygens (including phenoxy) is 1. The first kappa shape index (κ1) is 13.7. The van der Waals surface area contributed by atoms with Crippen LogP contribution in [0, 0.1) is 0 Å². The maximum atomic E-state index is 11.9. The lowest BCUT2D eigenvalue weighted by molar-refractivity contribution is -0.134. The Kier molecular flexibility index (Phi) is 4.28. The number of sulfone groups is 1. The number of aryl methyl sites for hydroxylation is 1. The summed E-state index contributed by atoms with van der Waals surface area (Å²) in [6, 6.07) is 9.31. The van der Waals surface area contributed by atoms with Crippen molar-refractivity contribution in [1.29, 1.82) is 0 Å². The molecule has 0 heterocycles. The van der Waals surface area contributed by atoms with E-state index in [1.807, 2.05) is 30.3 Å². The summed E-state index contributed by atoms with van der Waals surface area (Å²) in [5, 5.41) is 0. The number of benzene rings is 1. The van der Waals surface area contributed by atoms with Crippen molar-refractivity contribution in [3.63, 3.8) is 0 Å². The van der Waals surface area contributed by atoms with Gasteiger partial charge in [0.25, 0.3) is 6.47 Å². The Bertz CT molecular complexity index is 463. The van der Waals surface area contributed by atoms with Crippen molar-refractivity contribution >= 4 is 16.3 Å². The van der Waals surface area contributed by atoms with E-state index in [2.05, 4.69) is 4.74 Å². The van der Waals surface area contributed by atoms with Gasteiger partial charge in [0.1, 0.15) is 0 Å². The van der Waals surface area contributed by atoms with E-state index in [9.17, 15) is 13.2 Å². The Labute approximate surface area is 102 Å². The Hall–Kier alpha value is -1.36. The molecule has 0 atom stereocenters. The fraction of sp³-hybridized carbons (Fsp3) is 0.417. The first-order chi connectivity index (χ1) is 7.89. The van der Waals surface area contributed by atoms with Gasteiger partial charge < -0.3 is 4.74 Å². The number of rotatable bonds is 6. The highest BCUT2D eigenvalue weighted by Gasteiger charge is 2.35. The number of carbonyl (C=O) groups is 1. The van der Waals surface area contributed by atoms with Gasteiger partial charge in [0, 0.05) is 0 Å². The number of hydrogen-bond donors (Lipinski definition) is 0. The van der Waals surface area contributed by atoms with Crippen LogP contribution in [0.4, 0.5) is 0 Å². The quantitative estimate of drug-likeness (QED) is 0.725. The molecule has 0 amide bonds. The molecule has 17 heavy (non-hydrogen) atoms. The molecule has 1 aromatic carbocycles. The average molecular weight is 256 g/mol. The molecule has 0 saturated heterocycles. The van der Waals surface area contributed by atoms with Crippen LogP contribution in [0.1, 0.15) is 19.4 Å². The zero-order valence-electron chi connectivity index (χ0n) is 9.92. The largest absolute Gasteiger partial charge is 0.445 e. The molecule has 5 heteroatoms. The summed E-state index contributed by atoms with van der Waals surface area (Å²) in [5.74, 6) is -0.0438. The second-order valence-corrected chi connectivity index (χ2v) is 6.79. The van der Waals surface area contributed by atoms with Crippen molar-refractivity contribution in [2.24, 2.45) is 0 Å². The fourth-order valence-electron chi connectivity index (χ4n) is 1.33. The van der Waals surface area contributed by atoms with Gasteiger partial charge in [0.05, 0.1) is 5.75 Å². The molecular formula is C12H16O4S. The highest BCUT2D eigenvalue weighted by molar-refractivity contribution is 7.92. The van der Waals surface area contributed by atoms with Crippen molar-refractivity contribution < 1.29 is 17.9 Å². The molecule has 1 rings (SSSR count). The average Bonchev–Trinajstić information content (AvgIpc) is 2.28. The lowest BCUT2D eigenvalue weighted by Crippen LogP contribution is -2.37. The second-order valence-electron chi connectivity index (χ2n) is 4.17. The van der Waals surface area contributed by atoms with Crippen LogP contribution in [-0.2, 0) is 25.8 Å². The smallest absolute Gasteiger partial charge is 0.294 e. The first-order valence-corrected chi connectivity index (χ1v) is 6.92. The van der Waals surface area contributed by atoms with Gasteiger partial charge in [0.15, 0.2) is 9.84 Å². The molecule has 0 aliphatic heterocycles. The first-order valence-electron chi connectivity index (χ1n) is 5.27. The molecule has 0 N–H and O–H groups in total. The topological polar surface area (TPSA) is 60.4 Å². The van der Waals surface area contributed by atoms with E-state index in [1.165, 1.54) is 13.8 Å². The van der Waals surface area contributed by atoms with Crippen molar-refractivity contribution in [3.05, 3.63) is 35.9 Å². The summed E-state index contributed by atoms with van der Waals surface area (Å²) in [4.78, 5) is 8.79. The summed E-state index contributed by atoms with van der Waals surface area (Å²) in [6.07, 6.45) is 0.412. The van der Waals surface area contributed by atoms with Gasteiger partial charge >= 0.3 is 0 Å². The molecule has 1 aromatic rings. The van der Waals surface area contributed by atoms with Crippen LogP contribution in [0.15, 0.2) is 30.3 Å². The number of hydrogen-bond acceptors (Lipinski definition) is 4. The maximum Gasteiger partial charge on any atom is 0.294 e. The van der Waals surface area contributed by atoms with Gasteiger partial charge in [-0.05, 0) is 25.8 Å². The molecule has 0 aromatic heterocycles. The standard InChI is InChI=1S/C12H16O4S/c1-12(2,16-10-13)17(14,15)9-8-11-6-4-3-5-7-11/h3-7,10H,8-9H2,1-2H3. The predicted molar refractivity (Wildman–Crippen MR) is 65.2 cm³/mol. The third-order valence-electron chi connectivity index (χ3n) is 2.58.